The van der Waals surface area contributed by atoms with Crippen LogP contribution in [0.4, 0.5) is 0 Å². The lowest BCUT2D eigenvalue weighted by molar-refractivity contribution is 0.383. The Kier molecular flexibility index (Phi) is 3.20. The maximum absolute atomic E-state index is 10.1. The van der Waals surface area contributed by atoms with E-state index in [1.165, 1.54) is 0 Å². The highest BCUT2D eigenvalue weighted by molar-refractivity contribution is 5.36. The molecule has 0 bridgehead atoms. The average Bonchev–Trinajstić information content (AvgIpc) is 2.40. The van der Waals surface area contributed by atoms with Crippen molar-refractivity contribution < 1.29 is 5.11 Å². The Morgan fingerprint density at radius 1 is 1.19 bits per heavy atom. The lowest BCUT2D eigenvalue weighted by Gasteiger charge is -2.24. The van der Waals surface area contributed by atoms with Crippen molar-refractivity contribution in [2.24, 2.45) is 11.3 Å². The monoisotopic (exact) mass is 219 g/mol. The average molecular weight is 219 g/mol. The van der Waals surface area contributed by atoms with Crippen LogP contribution in [-0.2, 0) is 0 Å². The Hall–Kier alpha value is -1.02. The number of hydrogen-bond acceptors (Lipinski definition) is 2. The molecule has 0 radical (unpaired) electrons. The lowest BCUT2D eigenvalue weighted by atomic mass is 9.88. The van der Waals surface area contributed by atoms with E-state index in [2.05, 4.69) is 37.4 Å². The van der Waals surface area contributed by atoms with Crippen LogP contribution < -0.4 is 5.32 Å². The van der Waals surface area contributed by atoms with Crippen LogP contribution in [0.25, 0.3) is 0 Å². The number of rotatable bonds is 1. The molecule has 0 aromatic heterocycles. The predicted molar refractivity (Wildman–Crippen MR) is 67.3 cm³/mol. The van der Waals surface area contributed by atoms with Gasteiger partial charge in [-0.1, -0.05) is 32.1 Å². The molecule has 0 atom stereocenters. The second-order valence-corrected chi connectivity index (χ2v) is 5.35. The highest BCUT2D eigenvalue weighted by Gasteiger charge is 2.21. The van der Waals surface area contributed by atoms with Gasteiger partial charge in [-0.15, -0.1) is 0 Å². The summed E-state index contributed by atoms with van der Waals surface area (Å²) in [7, 11) is 0. The molecular weight excluding hydrogens is 198 g/mol. The fraction of sp³-hybridized carbons (Fsp3) is 0.571. The number of allylic oxidation sites excluding steroid dienone is 5. The molecule has 2 nitrogen and oxygen atoms in total. The van der Waals surface area contributed by atoms with Crippen molar-refractivity contribution in [3.63, 3.8) is 0 Å². The molecule has 2 heteroatoms. The van der Waals surface area contributed by atoms with Crippen LogP contribution in [0.15, 0.2) is 35.6 Å². The van der Waals surface area contributed by atoms with Gasteiger partial charge in [0.15, 0.2) is 0 Å². The molecule has 0 unspecified atom stereocenters. The van der Waals surface area contributed by atoms with Crippen LogP contribution in [0, 0.1) is 11.3 Å². The van der Waals surface area contributed by atoms with Gasteiger partial charge in [-0.2, -0.15) is 0 Å². The summed E-state index contributed by atoms with van der Waals surface area (Å²) in [5.74, 6) is 0.963. The summed E-state index contributed by atoms with van der Waals surface area (Å²) in [4.78, 5) is 0. The molecule has 0 saturated carbocycles. The summed E-state index contributed by atoms with van der Waals surface area (Å²) in [5, 5.41) is 13.4. The van der Waals surface area contributed by atoms with Crippen molar-refractivity contribution >= 4 is 0 Å². The number of nitrogens with one attached hydrogen (secondary N) is 1. The standard InChI is InChI=1S/C14H21NO/c1-14(2)7-3-12(13(16)4-8-14)11-5-9-15-10-6-11/h3-4,7-8,11,15-16H,5-6,9-10H2,1-2H3. The van der Waals surface area contributed by atoms with E-state index in [0.29, 0.717) is 11.7 Å². The number of hydrogen-bond donors (Lipinski definition) is 2. The first kappa shape index (κ1) is 11.5. The maximum atomic E-state index is 10.1. The van der Waals surface area contributed by atoms with Gasteiger partial charge in [0.25, 0.3) is 0 Å². The third kappa shape index (κ3) is 2.56. The summed E-state index contributed by atoms with van der Waals surface area (Å²) >= 11 is 0. The molecule has 0 aromatic carbocycles. The fourth-order valence-corrected chi connectivity index (χ4v) is 2.31. The Balaban J connectivity index is 2.22. The van der Waals surface area contributed by atoms with E-state index in [0.717, 1.165) is 31.5 Å². The zero-order valence-electron chi connectivity index (χ0n) is 10.2. The zero-order chi connectivity index (χ0) is 11.6. The molecule has 1 aliphatic heterocycles. The molecule has 2 aliphatic rings. The summed E-state index contributed by atoms with van der Waals surface area (Å²) in [5.41, 5.74) is 1.16. The van der Waals surface area contributed by atoms with Crippen molar-refractivity contribution in [1.82, 2.24) is 5.32 Å². The third-order valence-electron chi connectivity index (χ3n) is 3.44. The zero-order valence-corrected chi connectivity index (χ0v) is 10.2. The Morgan fingerprint density at radius 3 is 2.50 bits per heavy atom. The molecule has 1 fully saturated rings. The van der Waals surface area contributed by atoms with E-state index in [-0.39, 0.29) is 5.41 Å². The molecular formula is C14H21NO. The van der Waals surface area contributed by atoms with E-state index in [1.807, 2.05) is 6.08 Å². The smallest absolute Gasteiger partial charge is 0.118 e. The quantitative estimate of drug-likeness (QED) is 0.710. The van der Waals surface area contributed by atoms with E-state index >= 15 is 0 Å². The molecule has 2 N–H and O–H groups in total. The SMILES string of the molecule is CC1(C)C=CC(O)=C(C2CCNCC2)C=C1. The van der Waals surface area contributed by atoms with E-state index in [9.17, 15) is 5.11 Å². The first-order valence-corrected chi connectivity index (χ1v) is 6.11. The minimum absolute atomic E-state index is 0.0443. The van der Waals surface area contributed by atoms with Crippen molar-refractivity contribution in [3.8, 4) is 0 Å². The number of aliphatic hydroxyl groups is 1. The Bertz CT molecular complexity index is 344. The van der Waals surface area contributed by atoms with Gasteiger partial charge in [-0.3, -0.25) is 0 Å². The number of piperidine rings is 1. The van der Waals surface area contributed by atoms with Crippen LogP contribution in [0.1, 0.15) is 26.7 Å². The van der Waals surface area contributed by atoms with Gasteiger partial charge in [0.2, 0.25) is 0 Å². The highest BCUT2D eigenvalue weighted by Crippen LogP contribution is 2.31. The normalized spacial score (nSPS) is 25.9. The van der Waals surface area contributed by atoms with Crippen molar-refractivity contribution in [2.75, 3.05) is 13.1 Å². The van der Waals surface area contributed by atoms with Crippen LogP contribution in [0.3, 0.4) is 0 Å². The van der Waals surface area contributed by atoms with Gasteiger partial charge < -0.3 is 10.4 Å². The van der Waals surface area contributed by atoms with Gasteiger partial charge in [0.05, 0.1) is 0 Å². The molecule has 1 saturated heterocycles. The minimum Gasteiger partial charge on any atom is -0.508 e. The fourth-order valence-electron chi connectivity index (χ4n) is 2.31. The Labute approximate surface area is 97.7 Å². The Morgan fingerprint density at radius 2 is 1.81 bits per heavy atom. The van der Waals surface area contributed by atoms with E-state index < -0.39 is 0 Å². The first-order valence-electron chi connectivity index (χ1n) is 6.11. The summed E-state index contributed by atoms with van der Waals surface area (Å²) in [6, 6.07) is 0. The molecule has 0 amide bonds. The second-order valence-electron chi connectivity index (χ2n) is 5.35. The van der Waals surface area contributed by atoms with Gasteiger partial charge in [-0.25, -0.2) is 0 Å². The summed E-state index contributed by atoms with van der Waals surface area (Å²) in [6.45, 7) is 6.42. The van der Waals surface area contributed by atoms with Gasteiger partial charge in [0.1, 0.15) is 5.76 Å². The van der Waals surface area contributed by atoms with Crippen molar-refractivity contribution in [1.29, 1.82) is 0 Å². The van der Waals surface area contributed by atoms with Crippen LogP contribution in [-0.4, -0.2) is 18.2 Å². The molecule has 1 aliphatic carbocycles. The molecule has 1 heterocycles. The second kappa shape index (κ2) is 4.46. The molecule has 0 spiro atoms. The molecule has 16 heavy (non-hydrogen) atoms. The van der Waals surface area contributed by atoms with Crippen LogP contribution >= 0.6 is 0 Å². The first-order chi connectivity index (χ1) is 7.58. The van der Waals surface area contributed by atoms with Crippen LogP contribution in [0.2, 0.25) is 0 Å². The predicted octanol–water partition coefficient (Wildman–Crippen LogP) is 2.95. The van der Waals surface area contributed by atoms with E-state index in [4.69, 9.17) is 0 Å². The van der Waals surface area contributed by atoms with E-state index in [1.54, 1.807) is 0 Å². The number of aliphatic hydroxyl groups excluding tert-OH is 1. The highest BCUT2D eigenvalue weighted by atomic mass is 16.3. The van der Waals surface area contributed by atoms with Gasteiger partial charge in [0, 0.05) is 5.41 Å². The van der Waals surface area contributed by atoms with Gasteiger partial charge in [-0.05, 0) is 43.5 Å². The van der Waals surface area contributed by atoms with Gasteiger partial charge >= 0.3 is 0 Å². The topological polar surface area (TPSA) is 32.3 Å². The summed E-state index contributed by atoms with van der Waals surface area (Å²) < 4.78 is 0. The largest absolute Gasteiger partial charge is 0.508 e. The van der Waals surface area contributed by atoms with Crippen molar-refractivity contribution in [3.05, 3.63) is 35.6 Å². The molecule has 2 rings (SSSR count). The minimum atomic E-state index is 0.0443. The van der Waals surface area contributed by atoms with Crippen LogP contribution in [0.5, 0.6) is 0 Å². The molecule has 0 aromatic rings. The molecule has 88 valence electrons. The maximum Gasteiger partial charge on any atom is 0.118 e. The van der Waals surface area contributed by atoms with Crippen molar-refractivity contribution in [2.45, 2.75) is 26.7 Å². The third-order valence-corrected chi connectivity index (χ3v) is 3.44. The summed E-state index contributed by atoms with van der Waals surface area (Å²) in [6.07, 6.45) is 10.5. The lowest BCUT2D eigenvalue weighted by Crippen LogP contribution is -2.28.